The fourth-order valence-corrected chi connectivity index (χ4v) is 5.32. The normalized spacial score (nSPS) is 13.4. The van der Waals surface area contributed by atoms with Crippen molar-refractivity contribution in [2.75, 3.05) is 6.79 Å². The van der Waals surface area contributed by atoms with Crippen molar-refractivity contribution in [3.63, 3.8) is 0 Å². The predicted molar refractivity (Wildman–Crippen MR) is 145 cm³/mol. The lowest BCUT2D eigenvalue weighted by Crippen LogP contribution is -2.32. The van der Waals surface area contributed by atoms with E-state index in [9.17, 15) is 4.79 Å². The van der Waals surface area contributed by atoms with Crippen LogP contribution in [0.15, 0.2) is 64.0 Å². The van der Waals surface area contributed by atoms with Gasteiger partial charge in [-0.3, -0.25) is 9.69 Å². The molecule has 10 nitrogen and oxygen atoms in total. The summed E-state index contributed by atoms with van der Waals surface area (Å²) in [6.07, 6.45) is 2.37. The number of nitrogens with one attached hydrogen (secondary N) is 1. The van der Waals surface area contributed by atoms with Crippen molar-refractivity contribution in [1.29, 1.82) is 0 Å². The highest BCUT2D eigenvalue weighted by Gasteiger charge is 2.27. The van der Waals surface area contributed by atoms with Crippen molar-refractivity contribution in [2.24, 2.45) is 0 Å². The molecule has 0 aliphatic carbocycles. The number of benzene rings is 2. The molecular weight excluding hydrogens is 496 g/mol. The van der Waals surface area contributed by atoms with Gasteiger partial charge in [-0.25, -0.2) is 4.68 Å². The van der Waals surface area contributed by atoms with E-state index in [4.69, 9.17) is 13.9 Å². The van der Waals surface area contributed by atoms with Crippen LogP contribution in [0.2, 0.25) is 0 Å². The highest BCUT2D eigenvalue weighted by Crippen LogP contribution is 2.34. The van der Waals surface area contributed by atoms with E-state index >= 15 is 0 Å². The maximum absolute atomic E-state index is 13.3. The molecule has 0 saturated carbocycles. The number of H-pyrrole nitrogens is 1. The first-order valence-electron chi connectivity index (χ1n) is 13.0. The number of aryl methyl sites for hydroxylation is 2. The van der Waals surface area contributed by atoms with Gasteiger partial charge in [0, 0.05) is 29.6 Å². The summed E-state index contributed by atoms with van der Waals surface area (Å²) in [4.78, 5) is 18.6. The summed E-state index contributed by atoms with van der Waals surface area (Å²) >= 11 is 0. The number of aromatic amines is 1. The lowest BCUT2D eigenvalue weighted by atomic mass is 10.0. The van der Waals surface area contributed by atoms with Crippen molar-refractivity contribution < 1.29 is 13.9 Å². The fourth-order valence-electron chi connectivity index (χ4n) is 5.32. The molecule has 1 aliphatic heterocycles. The fraction of sp³-hybridized carbons (Fsp3) is 0.310. The molecule has 0 saturated heterocycles. The Kier molecular flexibility index (Phi) is 6.62. The van der Waals surface area contributed by atoms with Gasteiger partial charge in [0.25, 0.3) is 5.56 Å². The standard InChI is InChI=1S/C29H30N6O4/c1-4-25(28-31-32-33-35(28)16-22-6-5-9-37-22)34(14-20-7-8-26-27(12-20)39-17-38-26)15-21-13-23-19(3)10-18(2)11-24(23)30-29(21)36/h5-13,25H,4,14-17H2,1-3H3,(H,30,36)/t25-/m0/s1. The molecule has 1 atom stereocenters. The van der Waals surface area contributed by atoms with E-state index in [1.807, 2.05) is 49.4 Å². The number of aromatic nitrogens is 5. The van der Waals surface area contributed by atoms with Crippen LogP contribution in [-0.4, -0.2) is 36.9 Å². The van der Waals surface area contributed by atoms with E-state index in [-0.39, 0.29) is 18.4 Å². The van der Waals surface area contributed by atoms with Gasteiger partial charge in [0.15, 0.2) is 17.3 Å². The summed E-state index contributed by atoms with van der Waals surface area (Å²) in [5.74, 6) is 2.92. The third-order valence-corrected chi connectivity index (χ3v) is 7.16. The highest BCUT2D eigenvalue weighted by molar-refractivity contribution is 5.83. The van der Waals surface area contributed by atoms with E-state index in [2.05, 4.69) is 45.3 Å². The predicted octanol–water partition coefficient (Wildman–Crippen LogP) is 4.65. The van der Waals surface area contributed by atoms with Gasteiger partial charge in [0.1, 0.15) is 12.3 Å². The number of hydrogen-bond donors (Lipinski definition) is 1. The smallest absolute Gasteiger partial charge is 0.252 e. The van der Waals surface area contributed by atoms with E-state index in [1.165, 1.54) is 0 Å². The molecule has 0 unspecified atom stereocenters. The second-order valence-corrected chi connectivity index (χ2v) is 9.96. The van der Waals surface area contributed by atoms with Gasteiger partial charge in [-0.2, -0.15) is 0 Å². The van der Waals surface area contributed by atoms with Crippen LogP contribution >= 0.6 is 0 Å². The highest BCUT2D eigenvalue weighted by atomic mass is 16.7. The summed E-state index contributed by atoms with van der Waals surface area (Å²) in [5.41, 5.74) is 4.69. The van der Waals surface area contributed by atoms with Gasteiger partial charge in [-0.05, 0) is 83.8 Å². The lowest BCUT2D eigenvalue weighted by molar-refractivity contribution is 0.160. The van der Waals surface area contributed by atoms with E-state index in [1.54, 1.807) is 10.9 Å². The van der Waals surface area contributed by atoms with Crippen LogP contribution in [-0.2, 0) is 19.6 Å². The van der Waals surface area contributed by atoms with E-state index in [0.29, 0.717) is 31.0 Å². The Morgan fingerprint density at radius 1 is 1.08 bits per heavy atom. The minimum Gasteiger partial charge on any atom is -0.467 e. The van der Waals surface area contributed by atoms with Gasteiger partial charge in [-0.1, -0.05) is 19.1 Å². The van der Waals surface area contributed by atoms with Gasteiger partial charge >= 0.3 is 0 Å². The molecule has 4 heterocycles. The number of ether oxygens (including phenoxy) is 2. The second kappa shape index (κ2) is 10.4. The van der Waals surface area contributed by atoms with Crippen LogP contribution in [0.4, 0.5) is 0 Å². The van der Waals surface area contributed by atoms with Crippen molar-refractivity contribution >= 4 is 10.9 Å². The molecule has 6 rings (SSSR count). The minimum absolute atomic E-state index is 0.104. The molecule has 0 spiro atoms. The van der Waals surface area contributed by atoms with Crippen LogP contribution in [0.25, 0.3) is 10.9 Å². The Hall–Kier alpha value is -4.44. The average Bonchev–Trinajstić information content (AvgIpc) is 3.68. The Labute approximate surface area is 225 Å². The van der Waals surface area contributed by atoms with E-state index < -0.39 is 0 Å². The van der Waals surface area contributed by atoms with E-state index in [0.717, 1.165) is 51.3 Å². The topological polar surface area (TPSA) is 111 Å². The maximum Gasteiger partial charge on any atom is 0.252 e. The summed E-state index contributed by atoms with van der Waals surface area (Å²) in [6.45, 7) is 7.78. The first-order valence-corrected chi connectivity index (χ1v) is 13.0. The Bertz CT molecular complexity index is 1670. The van der Waals surface area contributed by atoms with Crippen LogP contribution in [0.5, 0.6) is 11.5 Å². The molecule has 3 aromatic heterocycles. The number of pyridine rings is 1. The molecule has 1 N–H and O–H groups in total. The molecule has 1 aliphatic rings. The summed E-state index contributed by atoms with van der Waals surface area (Å²) in [6, 6.07) is 15.7. The number of rotatable bonds is 9. The zero-order valence-electron chi connectivity index (χ0n) is 22.2. The maximum atomic E-state index is 13.3. The summed E-state index contributed by atoms with van der Waals surface area (Å²) in [5, 5.41) is 13.7. The Morgan fingerprint density at radius 2 is 1.95 bits per heavy atom. The van der Waals surface area contributed by atoms with Gasteiger partial charge in [-0.15, -0.1) is 5.10 Å². The first kappa shape index (κ1) is 24.9. The molecule has 0 bridgehead atoms. The first-order chi connectivity index (χ1) is 19.0. The van der Waals surface area contributed by atoms with Gasteiger partial charge < -0.3 is 18.9 Å². The van der Waals surface area contributed by atoms with Crippen molar-refractivity contribution in [1.82, 2.24) is 30.1 Å². The molecule has 39 heavy (non-hydrogen) atoms. The zero-order valence-corrected chi connectivity index (χ0v) is 22.2. The van der Waals surface area contributed by atoms with Crippen LogP contribution in [0, 0.1) is 13.8 Å². The number of hydrogen-bond acceptors (Lipinski definition) is 8. The Morgan fingerprint density at radius 3 is 2.77 bits per heavy atom. The number of fused-ring (bicyclic) bond motifs is 2. The van der Waals surface area contributed by atoms with Crippen molar-refractivity contribution in [3.05, 3.63) is 99.0 Å². The van der Waals surface area contributed by atoms with Crippen LogP contribution < -0.4 is 15.0 Å². The summed E-state index contributed by atoms with van der Waals surface area (Å²) in [7, 11) is 0. The monoisotopic (exact) mass is 526 g/mol. The average molecular weight is 527 g/mol. The summed E-state index contributed by atoms with van der Waals surface area (Å²) < 4.78 is 18.4. The number of tetrazole rings is 1. The van der Waals surface area contributed by atoms with Crippen molar-refractivity contribution in [3.8, 4) is 11.5 Å². The van der Waals surface area contributed by atoms with Gasteiger partial charge in [0.2, 0.25) is 6.79 Å². The molecule has 0 amide bonds. The van der Waals surface area contributed by atoms with Crippen molar-refractivity contribution in [2.45, 2.75) is 52.9 Å². The second-order valence-electron chi connectivity index (χ2n) is 9.96. The van der Waals surface area contributed by atoms with Crippen LogP contribution in [0.1, 0.15) is 53.2 Å². The lowest BCUT2D eigenvalue weighted by Gasteiger charge is -2.30. The molecule has 200 valence electrons. The third kappa shape index (κ3) is 5.03. The zero-order chi connectivity index (χ0) is 26.9. The third-order valence-electron chi connectivity index (χ3n) is 7.16. The number of furan rings is 1. The molecule has 0 fully saturated rings. The number of nitrogens with zero attached hydrogens (tertiary/aromatic N) is 5. The molecule has 10 heteroatoms. The molecular formula is C29H30N6O4. The van der Waals surface area contributed by atoms with Gasteiger partial charge in [0.05, 0.1) is 12.3 Å². The molecule has 5 aromatic rings. The largest absolute Gasteiger partial charge is 0.467 e. The van der Waals surface area contributed by atoms with Crippen LogP contribution in [0.3, 0.4) is 0 Å². The molecule has 2 aromatic carbocycles. The SMILES string of the molecule is CC[C@@H](c1nnnn1Cc1ccco1)N(Cc1ccc2c(c1)OCO2)Cc1cc2c(C)cc(C)cc2[nH]c1=O. The Balaban J connectivity index is 1.39. The molecule has 0 radical (unpaired) electrons. The quantitative estimate of drug-likeness (QED) is 0.295. The minimum atomic E-state index is -0.172.